The second kappa shape index (κ2) is 5.06. The minimum Gasteiger partial charge on any atom is -0.361 e. The van der Waals surface area contributed by atoms with Gasteiger partial charge in [0.2, 0.25) is 0 Å². The molecule has 0 atom stereocenters. The zero-order chi connectivity index (χ0) is 12.5. The third kappa shape index (κ3) is 2.10. The van der Waals surface area contributed by atoms with Crippen LogP contribution in [0.5, 0.6) is 0 Å². The molecule has 1 aliphatic carbocycles. The lowest BCUT2D eigenvalue weighted by Gasteiger charge is -2.16. The first-order valence-corrected chi connectivity index (χ1v) is 7.83. The molecular weight excluding hydrogens is 264 g/mol. The van der Waals surface area contributed by atoms with Crippen molar-refractivity contribution in [1.29, 1.82) is 0 Å². The molecule has 1 aliphatic rings. The van der Waals surface area contributed by atoms with E-state index in [0.29, 0.717) is 0 Å². The molecule has 1 N–H and O–H groups in total. The van der Waals surface area contributed by atoms with Crippen LogP contribution in [0.3, 0.4) is 0 Å². The van der Waals surface area contributed by atoms with Crippen molar-refractivity contribution in [2.45, 2.75) is 39.0 Å². The van der Waals surface area contributed by atoms with Gasteiger partial charge in [0.05, 0.1) is 9.72 Å². The van der Waals surface area contributed by atoms with E-state index < -0.39 is 0 Å². The molecular formula is C14H17ClN2S. The lowest BCUT2D eigenvalue weighted by molar-refractivity contribution is 0.690. The highest BCUT2D eigenvalue weighted by molar-refractivity contribution is 7.22. The molecule has 1 aromatic carbocycles. The van der Waals surface area contributed by atoms with E-state index in [1.165, 1.54) is 41.5 Å². The van der Waals surface area contributed by atoms with Crippen LogP contribution in [-0.2, 0) is 12.8 Å². The normalized spacial score (nSPS) is 14.8. The second-order valence-electron chi connectivity index (χ2n) is 4.83. The number of thiazole rings is 1. The third-order valence-electron chi connectivity index (χ3n) is 3.47. The summed E-state index contributed by atoms with van der Waals surface area (Å²) < 4.78 is 1.30. The average Bonchev–Trinajstić information content (AvgIpc) is 2.81. The third-order valence-corrected chi connectivity index (χ3v) is 4.83. The van der Waals surface area contributed by atoms with Crippen LogP contribution in [0, 0.1) is 0 Å². The van der Waals surface area contributed by atoms with Crippen molar-refractivity contribution < 1.29 is 0 Å². The fourth-order valence-electron chi connectivity index (χ4n) is 2.56. The molecule has 0 amide bonds. The number of rotatable bonds is 3. The highest BCUT2D eigenvalue weighted by Gasteiger charge is 2.18. The van der Waals surface area contributed by atoms with E-state index in [-0.39, 0.29) is 0 Å². The molecule has 18 heavy (non-hydrogen) atoms. The molecule has 0 spiro atoms. The van der Waals surface area contributed by atoms with Crippen molar-refractivity contribution in [3.63, 3.8) is 0 Å². The number of hydrogen-bond acceptors (Lipinski definition) is 3. The summed E-state index contributed by atoms with van der Waals surface area (Å²) in [5.74, 6) is 0. The molecule has 4 heteroatoms. The summed E-state index contributed by atoms with van der Waals surface area (Å²) in [6, 6.07) is 2.13. The molecule has 0 saturated carbocycles. The number of nitrogens with one attached hydrogen (secondary N) is 1. The number of aryl methyl sites for hydroxylation is 2. The highest BCUT2D eigenvalue weighted by atomic mass is 35.5. The number of nitrogens with zero attached hydrogens (tertiary/aromatic N) is 1. The summed E-state index contributed by atoms with van der Waals surface area (Å²) in [5.41, 5.74) is 3.91. The van der Waals surface area contributed by atoms with E-state index >= 15 is 0 Å². The zero-order valence-corrected chi connectivity index (χ0v) is 12.1. The van der Waals surface area contributed by atoms with E-state index in [9.17, 15) is 0 Å². The fourth-order valence-corrected chi connectivity index (χ4v) is 4.00. The minimum atomic E-state index is 0.812. The average molecular weight is 281 g/mol. The lowest BCUT2D eigenvalue weighted by Crippen LogP contribution is -2.02. The Morgan fingerprint density at radius 2 is 2.22 bits per heavy atom. The van der Waals surface area contributed by atoms with E-state index in [4.69, 9.17) is 11.6 Å². The second-order valence-corrected chi connectivity index (χ2v) is 6.23. The number of anilines is 1. The van der Waals surface area contributed by atoms with Gasteiger partial charge in [-0.25, -0.2) is 4.98 Å². The maximum Gasteiger partial charge on any atom is 0.183 e. The van der Waals surface area contributed by atoms with Gasteiger partial charge in [-0.15, -0.1) is 0 Å². The summed E-state index contributed by atoms with van der Waals surface area (Å²) in [4.78, 5) is 4.63. The zero-order valence-electron chi connectivity index (χ0n) is 10.6. The van der Waals surface area contributed by atoms with Crippen LogP contribution >= 0.6 is 22.9 Å². The summed E-state index contributed by atoms with van der Waals surface area (Å²) in [7, 11) is 0. The molecule has 1 heterocycles. The molecule has 96 valence electrons. The van der Waals surface area contributed by atoms with Crippen LogP contribution in [0.2, 0.25) is 5.02 Å². The standard InChI is InChI=1S/C14H17ClN2S/c1-2-7-16-14-17-12-11(15)8-9-5-3-4-6-10(9)13(12)18-14/h8H,2-7H2,1H3,(H,16,17). The summed E-state index contributed by atoms with van der Waals surface area (Å²) in [6.07, 6.45) is 6.04. The van der Waals surface area contributed by atoms with Gasteiger partial charge in [0.25, 0.3) is 0 Å². The van der Waals surface area contributed by atoms with E-state index in [2.05, 4.69) is 23.3 Å². The fraction of sp³-hybridized carbons (Fsp3) is 0.500. The van der Waals surface area contributed by atoms with Gasteiger partial charge in [-0.05, 0) is 49.3 Å². The topological polar surface area (TPSA) is 24.9 Å². The SMILES string of the molecule is CCCNc1nc2c(Cl)cc3c(c2s1)CCCC3. The maximum atomic E-state index is 6.36. The summed E-state index contributed by atoms with van der Waals surface area (Å²) in [6.45, 7) is 3.13. The predicted octanol–water partition coefficient (Wildman–Crippen LogP) is 4.65. The Balaban J connectivity index is 2.10. The van der Waals surface area contributed by atoms with Crippen molar-refractivity contribution in [2.75, 3.05) is 11.9 Å². The Morgan fingerprint density at radius 1 is 1.39 bits per heavy atom. The van der Waals surface area contributed by atoms with Gasteiger partial charge in [0.15, 0.2) is 5.13 Å². The molecule has 0 bridgehead atoms. The molecule has 0 aliphatic heterocycles. The smallest absolute Gasteiger partial charge is 0.183 e. The number of halogens is 1. The van der Waals surface area contributed by atoms with Crippen LogP contribution in [0.25, 0.3) is 10.2 Å². The largest absolute Gasteiger partial charge is 0.361 e. The van der Waals surface area contributed by atoms with Gasteiger partial charge >= 0.3 is 0 Å². The van der Waals surface area contributed by atoms with Crippen LogP contribution in [-0.4, -0.2) is 11.5 Å². The van der Waals surface area contributed by atoms with Gasteiger partial charge in [-0.1, -0.05) is 29.9 Å². The van der Waals surface area contributed by atoms with Crippen molar-refractivity contribution in [3.05, 3.63) is 22.2 Å². The molecule has 2 aromatic rings. The summed E-state index contributed by atoms with van der Waals surface area (Å²) in [5, 5.41) is 5.19. The highest BCUT2D eigenvalue weighted by Crippen LogP contribution is 2.38. The van der Waals surface area contributed by atoms with Gasteiger partial charge in [0.1, 0.15) is 5.52 Å². The van der Waals surface area contributed by atoms with Crippen molar-refractivity contribution in [1.82, 2.24) is 4.98 Å². The van der Waals surface area contributed by atoms with Gasteiger partial charge in [-0.2, -0.15) is 0 Å². The number of aromatic nitrogens is 1. The minimum absolute atomic E-state index is 0.812. The van der Waals surface area contributed by atoms with Crippen LogP contribution in [0.4, 0.5) is 5.13 Å². The number of benzene rings is 1. The van der Waals surface area contributed by atoms with Crippen LogP contribution in [0.1, 0.15) is 37.3 Å². The molecule has 1 aromatic heterocycles. The first-order valence-electron chi connectivity index (χ1n) is 6.64. The number of hydrogen-bond donors (Lipinski definition) is 1. The quantitative estimate of drug-likeness (QED) is 0.885. The van der Waals surface area contributed by atoms with Crippen molar-refractivity contribution >= 4 is 38.3 Å². The van der Waals surface area contributed by atoms with Crippen LogP contribution < -0.4 is 5.32 Å². The molecule has 3 rings (SSSR count). The summed E-state index contributed by atoms with van der Waals surface area (Å²) >= 11 is 8.12. The molecule has 2 nitrogen and oxygen atoms in total. The molecule has 0 fully saturated rings. The Morgan fingerprint density at radius 3 is 3.06 bits per heavy atom. The first-order chi connectivity index (χ1) is 8.79. The monoisotopic (exact) mass is 280 g/mol. The van der Waals surface area contributed by atoms with Crippen LogP contribution in [0.15, 0.2) is 6.07 Å². The maximum absolute atomic E-state index is 6.36. The van der Waals surface area contributed by atoms with Gasteiger partial charge in [-0.3, -0.25) is 0 Å². The Labute approximate surface area is 116 Å². The van der Waals surface area contributed by atoms with Crippen molar-refractivity contribution in [3.8, 4) is 0 Å². The lowest BCUT2D eigenvalue weighted by atomic mass is 9.91. The molecule has 0 unspecified atom stereocenters. The Kier molecular flexibility index (Phi) is 3.44. The van der Waals surface area contributed by atoms with E-state index in [1.54, 1.807) is 11.3 Å². The van der Waals surface area contributed by atoms with Crippen molar-refractivity contribution in [2.24, 2.45) is 0 Å². The van der Waals surface area contributed by atoms with Gasteiger partial charge < -0.3 is 5.32 Å². The van der Waals surface area contributed by atoms with E-state index in [1.807, 2.05) is 0 Å². The Bertz CT molecular complexity index is 577. The van der Waals surface area contributed by atoms with E-state index in [0.717, 1.165) is 28.6 Å². The number of fused-ring (bicyclic) bond motifs is 3. The molecule has 0 radical (unpaired) electrons. The Hall–Kier alpha value is -0.800. The van der Waals surface area contributed by atoms with Gasteiger partial charge in [0, 0.05) is 6.54 Å². The predicted molar refractivity (Wildman–Crippen MR) is 80.1 cm³/mol. The first kappa shape index (κ1) is 12.2. The molecule has 0 saturated heterocycles.